The molecule has 18 heavy (non-hydrogen) atoms. The number of carbonyl (C=O) groups is 1. The summed E-state index contributed by atoms with van der Waals surface area (Å²) in [5.41, 5.74) is 5.31. The Morgan fingerprint density at radius 2 is 1.83 bits per heavy atom. The van der Waals surface area contributed by atoms with Gasteiger partial charge in [0.15, 0.2) is 0 Å². The number of hydrogen-bond donors (Lipinski definition) is 2. The van der Waals surface area contributed by atoms with Gasteiger partial charge in [0.25, 0.3) is 0 Å². The summed E-state index contributed by atoms with van der Waals surface area (Å²) in [6.07, 6.45) is 0.0805. The number of carboxylic acids is 1. The van der Waals surface area contributed by atoms with Crippen LogP contribution in [0.5, 0.6) is 0 Å². The van der Waals surface area contributed by atoms with Crippen LogP contribution in [0.15, 0.2) is 24.3 Å². The van der Waals surface area contributed by atoms with E-state index in [2.05, 4.69) is 10.4 Å². The molecule has 0 saturated carbocycles. The summed E-state index contributed by atoms with van der Waals surface area (Å²) >= 11 is 0. The number of morpholine rings is 1. The summed E-state index contributed by atoms with van der Waals surface area (Å²) < 4.78 is 5.27. The first-order valence-corrected chi connectivity index (χ1v) is 6.10. The van der Waals surface area contributed by atoms with E-state index in [0.29, 0.717) is 0 Å². The summed E-state index contributed by atoms with van der Waals surface area (Å²) in [6.45, 7) is 4.09. The topological polar surface area (TPSA) is 61.8 Å². The Hall–Kier alpha value is -1.43. The summed E-state index contributed by atoms with van der Waals surface area (Å²) in [5.74, 6) is -0.797. The lowest BCUT2D eigenvalue weighted by Gasteiger charge is -2.27. The predicted octanol–water partition coefficient (Wildman–Crippen LogP) is 0.651. The molecule has 0 unspecified atom stereocenters. The van der Waals surface area contributed by atoms with Crippen molar-refractivity contribution in [3.63, 3.8) is 0 Å². The second kappa shape index (κ2) is 6.49. The van der Waals surface area contributed by atoms with Crippen molar-refractivity contribution in [3.05, 3.63) is 35.4 Å². The molecule has 0 bridgehead atoms. The van der Waals surface area contributed by atoms with Gasteiger partial charge in [-0.3, -0.25) is 10.2 Å². The minimum Gasteiger partial charge on any atom is -0.481 e. The zero-order valence-electron chi connectivity index (χ0n) is 10.3. The molecule has 1 saturated heterocycles. The van der Waals surface area contributed by atoms with E-state index < -0.39 is 5.97 Å². The van der Waals surface area contributed by atoms with Crippen molar-refractivity contribution >= 4 is 5.97 Å². The third kappa shape index (κ3) is 4.10. The van der Waals surface area contributed by atoms with Gasteiger partial charge in [0.1, 0.15) is 0 Å². The van der Waals surface area contributed by atoms with Crippen LogP contribution < -0.4 is 5.43 Å². The van der Waals surface area contributed by atoms with Gasteiger partial charge in [-0.25, -0.2) is 5.01 Å². The monoisotopic (exact) mass is 250 g/mol. The molecule has 0 radical (unpaired) electrons. The lowest BCUT2D eigenvalue weighted by molar-refractivity contribution is -0.136. The molecular weight excluding hydrogens is 232 g/mol. The van der Waals surface area contributed by atoms with E-state index in [1.54, 1.807) is 0 Å². The molecule has 2 rings (SSSR count). The van der Waals surface area contributed by atoms with Crippen LogP contribution in [0.3, 0.4) is 0 Å². The van der Waals surface area contributed by atoms with Gasteiger partial charge in [-0.05, 0) is 11.1 Å². The highest BCUT2D eigenvalue weighted by Crippen LogP contribution is 2.05. The largest absolute Gasteiger partial charge is 0.481 e. The summed E-state index contributed by atoms with van der Waals surface area (Å²) in [7, 11) is 0. The second-order valence-electron chi connectivity index (χ2n) is 4.32. The summed E-state index contributed by atoms with van der Waals surface area (Å²) in [5, 5.41) is 10.8. The van der Waals surface area contributed by atoms with E-state index in [-0.39, 0.29) is 6.42 Å². The van der Waals surface area contributed by atoms with Crippen LogP contribution in [0, 0.1) is 0 Å². The number of rotatable bonds is 5. The smallest absolute Gasteiger partial charge is 0.307 e. The lowest BCUT2D eigenvalue weighted by Crippen LogP contribution is -2.45. The number of aliphatic carboxylic acids is 1. The van der Waals surface area contributed by atoms with Crippen LogP contribution >= 0.6 is 0 Å². The van der Waals surface area contributed by atoms with Crippen molar-refractivity contribution in [2.45, 2.75) is 13.0 Å². The number of benzene rings is 1. The second-order valence-corrected chi connectivity index (χ2v) is 4.32. The van der Waals surface area contributed by atoms with Gasteiger partial charge in [-0.15, -0.1) is 0 Å². The van der Waals surface area contributed by atoms with E-state index >= 15 is 0 Å². The number of hydrogen-bond acceptors (Lipinski definition) is 4. The Morgan fingerprint density at radius 3 is 2.44 bits per heavy atom. The molecular formula is C13H18N2O3. The van der Waals surface area contributed by atoms with Crippen LogP contribution in [-0.4, -0.2) is 42.4 Å². The minimum atomic E-state index is -0.797. The molecule has 2 N–H and O–H groups in total. The van der Waals surface area contributed by atoms with Crippen LogP contribution in [0.1, 0.15) is 11.1 Å². The number of carboxylic acid groups (broad SMARTS) is 1. The maximum absolute atomic E-state index is 10.6. The Balaban J connectivity index is 1.80. The molecule has 0 aliphatic carbocycles. The molecule has 1 aliphatic heterocycles. The van der Waals surface area contributed by atoms with Crippen molar-refractivity contribution in [3.8, 4) is 0 Å². The van der Waals surface area contributed by atoms with E-state index in [0.717, 1.165) is 44.0 Å². The van der Waals surface area contributed by atoms with E-state index in [1.807, 2.05) is 24.3 Å². The summed E-state index contributed by atoms with van der Waals surface area (Å²) in [6, 6.07) is 7.66. The van der Waals surface area contributed by atoms with Crippen molar-refractivity contribution in [2.24, 2.45) is 0 Å². The van der Waals surface area contributed by atoms with E-state index in [9.17, 15) is 4.79 Å². The molecule has 0 amide bonds. The Bertz CT molecular complexity index is 386. The molecule has 98 valence electrons. The SMILES string of the molecule is O=C(O)Cc1ccc(CNN2CCOCC2)cc1. The van der Waals surface area contributed by atoms with Crippen molar-refractivity contribution in [2.75, 3.05) is 26.3 Å². The first-order valence-electron chi connectivity index (χ1n) is 6.10. The van der Waals surface area contributed by atoms with Gasteiger partial charge in [0.2, 0.25) is 0 Å². The molecule has 5 nitrogen and oxygen atoms in total. The Labute approximate surface area is 106 Å². The lowest BCUT2D eigenvalue weighted by atomic mass is 10.1. The average Bonchev–Trinajstić information content (AvgIpc) is 2.38. The quantitative estimate of drug-likeness (QED) is 0.803. The predicted molar refractivity (Wildman–Crippen MR) is 67.0 cm³/mol. The van der Waals surface area contributed by atoms with Crippen LogP contribution in [0.25, 0.3) is 0 Å². The van der Waals surface area contributed by atoms with Gasteiger partial charge < -0.3 is 9.84 Å². The molecule has 1 aromatic carbocycles. The molecule has 0 spiro atoms. The van der Waals surface area contributed by atoms with E-state index in [4.69, 9.17) is 9.84 Å². The molecule has 1 heterocycles. The van der Waals surface area contributed by atoms with Crippen molar-refractivity contribution < 1.29 is 14.6 Å². The maximum Gasteiger partial charge on any atom is 0.307 e. The highest BCUT2D eigenvalue weighted by Gasteiger charge is 2.09. The highest BCUT2D eigenvalue weighted by molar-refractivity contribution is 5.70. The van der Waals surface area contributed by atoms with Gasteiger partial charge in [0, 0.05) is 19.6 Å². The number of nitrogens with zero attached hydrogens (tertiary/aromatic N) is 1. The van der Waals surface area contributed by atoms with Gasteiger partial charge in [-0.2, -0.15) is 0 Å². The number of hydrazine groups is 1. The summed E-state index contributed by atoms with van der Waals surface area (Å²) in [4.78, 5) is 10.6. The Kier molecular flexibility index (Phi) is 4.69. The zero-order chi connectivity index (χ0) is 12.8. The van der Waals surface area contributed by atoms with Gasteiger partial charge >= 0.3 is 5.97 Å². The fraction of sp³-hybridized carbons (Fsp3) is 0.462. The number of nitrogens with one attached hydrogen (secondary N) is 1. The normalized spacial score (nSPS) is 16.7. The molecule has 0 atom stereocenters. The van der Waals surface area contributed by atoms with Crippen molar-refractivity contribution in [1.82, 2.24) is 10.4 Å². The van der Waals surface area contributed by atoms with Crippen LogP contribution in [0.2, 0.25) is 0 Å². The fourth-order valence-corrected chi connectivity index (χ4v) is 1.87. The highest BCUT2D eigenvalue weighted by atomic mass is 16.5. The number of ether oxygens (including phenoxy) is 1. The molecule has 5 heteroatoms. The van der Waals surface area contributed by atoms with Crippen LogP contribution in [-0.2, 0) is 22.5 Å². The van der Waals surface area contributed by atoms with E-state index in [1.165, 1.54) is 0 Å². The van der Waals surface area contributed by atoms with Gasteiger partial charge in [-0.1, -0.05) is 24.3 Å². The standard InChI is InChI=1S/C13H18N2O3/c16-13(17)9-11-1-3-12(4-2-11)10-14-15-5-7-18-8-6-15/h1-4,14H,5-10H2,(H,16,17). The molecule has 1 fully saturated rings. The zero-order valence-corrected chi connectivity index (χ0v) is 10.3. The molecule has 1 aliphatic rings. The first kappa shape index (κ1) is 13.0. The third-order valence-corrected chi connectivity index (χ3v) is 2.90. The molecule has 1 aromatic rings. The van der Waals surface area contributed by atoms with Gasteiger partial charge in [0.05, 0.1) is 19.6 Å². The first-order chi connectivity index (χ1) is 8.74. The third-order valence-electron chi connectivity index (χ3n) is 2.90. The fourth-order valence-electron chi connectivity index (χ4n) is 1.87. The van der Waals surface area contributed by atoms with Crippen LogP contribution in [0.4, 0.5) is 0 Å². The van der Waals surface area contributed by atoms with Crippen molar-refractivity contribution in [1.29, 1.82) is 0 Å². The average molecular weight is 250 g/mol. The minimum absolute atomic E-state index is 0.0805. The Morgan fingerprint density at radius 1 is 1.22 bits per heavy atom. The molecule has 0 aromatic heterocycles. The maximum atomic E-state index is 10.6.